The van der Waals surface area contributed by atoms with Gasteiger partial charge in [0, 0.05) is 19.0 Å². The summed E-state index contributed by atoms with van der Waals surface area (Å²) in [6, 6.07) is -3.57. The van der Waals surface area contributed by atoms with Crippen molar-refractivity contribution in [1.29, 1.82) is 0 Å². The molecule has 0 aromatic carbocycles. The van der Waals surface area contributed by atoms with Crippen molar-refractivity contribution in [2.24, 2.45) is 34.6 Å². The zero-order valence-electron chi connectivity index (χ0n) is 25.2. The number of hydrogen-bond donors (Lipinski definition) is 13. The highest BCUT2D eigenvalue weighted by molar-refractivity contribution is 5.84. The molecule has 46 heavy (non-hydrogen) atoms. The van der Waals surface area contributed by atoms with E-state index in [1.165, 1.54) is 0 Å². The lowest BCUT2D eigenvalue weighted by Gasteiger charge is -2.49. The first-order valence-electron chi connectivity index (χ1n) is 15.2. The lowest BCUT2D eigenvalue weighted by Crippen LogP contribution is -2.68. The zero-order chi connectivity index (χ0) is 34.5. The zero-order valence-corrected chi connectivity index (χ0v) is 25.2. The van der Waals surface area contributed by atoms with Gasteiger partial charge in [-0.2, -0.15) is 0 Å². The molecule has 0 aromatic rings. The van der Waals surface area contributed by atoms with E-state index in [9.17, 15) is 49.3 Å². The second-order valence-corrected chi connectivity index (χ2v) is 12.1. The van der Waals surface area contributed by atoms with Crippen LogP contribution in [-0.2, 0) is 23.7 Å². The molecular formula is C26H50F2N6O12. The van der Waals surface area contributed by atoms with Gasteiger partial charge in [-0.3, -0.25) is 4.79 Å². The number of aliphatic hydroxyl groups is 7. The van der Waals surface area contributed by atoms with Crippen LogP contribution in [0.1, 0.15) is 19.3 Å². The maximum Gasteiger partial charge on any atom is 0.292 e. The third kappa shape index (κ3) is 8.71. The number of carbonyl (C=O) groups excluding carboxylic acids is 1. The SMILES string of the molecule is NCCCN[C@H]1[C@@H](OC2[C@@H](N)C[C@@H](CC(=O)C(O)C(F)(F)CN)[C@H](O[C@H]3O[C@H](CO)[C@@H](O)[C@H](N)[C@H]3O)[C@H]2O)O[C@H](CN)[C@@H](O)[C@@H]1O. The minimum Gasteiger partial charge on any atom is -0.394 e. The molecule has 270 valence electrons. The summed E-state index contributed by atoms with van der Waals surface area (Å²) in [7, 11) is 0. The van der Waals surface area contributed by atoms with Crippen LogP contribution in [-0.4, -0.2) is 172 Å². The third-order valence-corrected chi connectivity index (χ3v) is 8.79. The Kier molecular flexibility index (Phi) is 14.5. The Morgan fingerprint density at radius 3 is 2.13 bits per heavy atom. The van der Waals surface area contributed by atoms with Gasteiger partial charge in [0.15, 0.2) is 24.5 Å². The van der Waals surface area contributed by atoms with E-state index in [1.807, 2.05) is 0 Å². The fourth-order valence-electron chi connectivity index (χ4n) is 5.99. The Bertz CT molecular complexity index is 965. The van der Waals surface area contributed by atoms with Gasteiger partial charge in [-0.15, -0.1) is 0 Å². The standard InChI is InChI=1S/C26H50F2N6O12/c27-26(28,8-31)23(42)11(36)5-9-4-10(32)22(20(41)21(9)45-25-18(39)14(33)16(37)13(7-35)44-25)46-24-15(34-3-1-2-29)19(40)17(38)12(6-30)43-24/h9-10,12-25,34-35,37-42H,1-8,29-33H2/t9-,10-,12+,13+,14-,15+,16+,17+,18+,19+,20+,21-,22?,23?,24+,25+/m0/s1. The molecule has 0 spiro atoms. The number of carbonyl (C=O) groups is 1. The fraction of sp³-hybridized carbons (Fsp3) is 0.962. The van der Waals surface area contributed by atoms with Crippen molar-refractivity contribution in [1.82, 2.24) is 5.32 Å². The smallest absolute Gasteiger partial charge is 0.292 e. The van der Waals surface area contributed by atoms with Crippen LogP contribution in [0.5, 0.6) is 0 Å². The second kappa shape index (κ2) is 17.0. The number of rotatable bonds is 15. The van der Waals surface area contributed by atoms with Crippen LogP contribution in [0.3, 0.4) is 0 Å². The normalized spacial score (nSPS) is 43.0. The fourth-order valence-corrected chi connectivity index (χ4v) is 5.99. The van der Waals surface area contributed by atoms with Gasteiger partial charge in [0.1, 0.15) is 48.8 Å². The van der Waals surface area contributed by atoms with Gasteiger partial charge in [0.05, 0.1) is 31.3 Å². The highest BCUT2D eigenvalue weighted by Gasteiger charge is 2.53. The molecule has 0 bridgehead atoms. The molecule has 2 aliphatic heterocycles. The lowest BCUT2D eigenvalue weighted by atomic mass is 9.76. The maximum atomic E-state index is 14.1. The number of nitrogens with one attached hydrogen (secondary N) is 1. The van der Waals surface area contributed by atoms with Gasteiger partial charge in [0.25, 0.3) is 5.92 Å². The summed E-state index contributed by atoms with van der Waals surface area (Å²) in [5, 5.41) is 76.4. The van der Waals surface area contributed by atoms with Crippen molar-refractivity contribution in [3.05, 3.63) is 0 Å². The molecule has 3 aliphatic rings. The van der Waals surface area contributed by atoms with Crippen LogP contribution in [0.25, 0.3) is 0 Å². The number of hydrogen-bond acceptors (Lipinski definition) is 18. The summed E-state index contributed by atoms with van der Waals surface area (Å²) in [4.78, 5) is 12.8. The van der Waals surface area contributed by atoms with Gasteiger partial charge < -0.3 is 88.7 Å². The summed E-state index contributed by atoms with van der Waals surface area (Å²) >= 11 is 0. The molecule has 2 heterocycles. The minimum atomic E-state index is -3.95. The first kappa shape index (κ1) is 39.3. The van der Waals surface area contributed by atoms with Crippen LogP contribution < -0.4 is 34.0 Å². The minimum absolute atomic E-state index is 0.215. The number of halogens is 2. The second-order valence-electron chi connectivity index (χ2n) is 12.1. The topological polar surface area (TPSA) is 338 Å². The molecule has 3 rings (SSSR count). The number of ketones is 1. The molecule has 16 atom stereocenters. The van der Waals surface area contributed by atoms with Gasteiger partial charge in [-0.25, -0.2) is 8.78 Å². The monoisotopic (exact) mass is 676 g/mol. The van der Waals surface area contributed by atoms with Gasteiger partial charge in [-0.05, 0) is 31.8 Å². The maximum absolute atomic E-state index is 14.1. The summed E-state index contributed by atoms with van der Waals surface area (Å²) in [6.07, 6.45) is -19.6. The largest absolute Gasteiger partial charge is 0.394 e. The van der Waals surface area contributed by atoms with Gasteiger partial charge in [-0.1, -0.05) is 0 Å². The van der Waals surface area contributed by atoms with Crippen LogP contribution in [0.4, 0.5) is 8.78 Å². The molecule has 20 heteroatoms. The molecule has 0 radical (unpaired) electrons. The summed E-state index contributed by atoms with van der Waals surface area (Å²) in [5.41, 5.74) is 28.5. The average molecular weight is 677 g/mol. The quantitative estimate of drug-likeness (QED) is 0.0716. The lowest BCUT2D eigenvalue weighted by molar-refractivity contribution is -0.324. The molecule has 2 saturated heterocycles. The van der Waals surface area contributed by atoms with Crippen molar-refractivity contribution in [3.8, 4) is 0 Å². The van der Waals surface area contributed by atoms with E-state index in [1.54, 1.807) is 0 Å². The predicted molar refractivity (Wildman–Crippen MR) is 152 cm³/mol. The molecule has 0 aromatic heterocycles. The Hall–Kier alpha value is -1.15. The Morgan fingerprint density at radius 1 is 0.913 bits per heavy atom. The van der Waals surface area contributed by atoms with Crippen molar-refractivity contribution >= 4 is 5.78 Å². The van der Waals surface area contributed by atoms with E-state index in [2.05, 4.69) is 5.32 Å². The van der Waals surface area contributed by atoms with Gasteiger partial charge >= 0.3 is 0 Å². The molecule has 2 unspecified atom stereocenters. The molecule has 18 N–H and O–H groups in total. The first-order chi connectivity index (χ1) is 21.6. The molecule has 18 nitrogen and oxygen atoms in total. The van der Waals surface area contributed by atoms with E-state index < -0.39 is 129 Å². The van der Waals surface area contributed by atoms with Crippen molar-refractivity contribution in [2.45, 2.75) is 117 Å². The molecule has 3 fully saturated rings. The first-order valence-corrected chi connectivity index (χ1v) is 15.2. The van der Waals surface area contributed by atoms with Crippen molar-refractivity contribution in [3.63, 3.8) is 0 Å². The van der Waals surface area contributed by atoms with Crippen molar-refractivity contribution in [2.75, 3.05) is 32.8 Å². The van der Waals surface area contributed by atoms with E-state index in [-0.39, 0.29) is 19.5 Å². The Morgan fingerprint density at radius 2 is 1.54 bits per heavy atom. The molecule has 1 aliphatic carbocycles. The third-order valence-electron chi connectivity index (χ3n) is 8.79. The average Bonchev–Trinajstić information content (AvgIpc) is 3.03. The highest BCUT2D eigenvalue weighted by Crippen LogP contribution is 2.37. The Balaban J connectivity index is 1.91. The summed E-state index contributed by atoms with van der Waals surface area (Å²) < 4.78 is 51.4. The summed E-state index contributed by atoms with van der Waals surface area (Å²) in [5.74, 6) is -6.47. The summed E-state index contributed by atoms with van der Waals surface area (Å²) in [6.45, 7) is -1.68. The van der Waals surface area contributed by atoms with E-state index >= 15 is 0 Å². The number of aliphatic hydroxyl groups excluding tert-OH is 7. The molecule has 1 saturated carbocycles. The number of Topliss-reactive ketones (excluding diaryl/α,β-unsaturated/α-hetero) is 1. The Labute approximate surface area is 264 Å². The van der Waals surface area contributed by atoms with Crippen molar-refractivity contribution < 1.29 is 68.3 Å². The number of nitrogens with two attached hydrogens (primary N) is 5. The number of alkyl halides is 2. The molecule has 0 amide bonds. The van der Waals surface area contributed by atoms with E-state index in [0.29, 0.717) is 13.0 Å². The van der Waals surface area contributed by atoms with Crippen LogP contribution >= 0.6 is 0 Å². The van der Waals surface area contributed by atoms with Gasteiger partial charge in [0.2, 0.25) is 0 Å². The molecular weight excluding hydrogens is 626 g/mol. The van der Waals surface area contributed by atoms with E-state index in [4.69, 9.17) is 47.6 Å². The highest BCUT2D eigenvalue weighted by atomic mass is 19.3. The number of ether oxygens (including phenoxy) is 4. The predicted octanol–water partition coefficient (Wildman–Crippen LogP) is -7.14. The van der Waals surface area contributed by atoms with E-state index in [0.717, 1.165) is 0 Å². The van der Waals surface area contributed by atoms with Crippen LogP contribution in [0.2, 0.25) is 0 Å². The van der Waals surface area contributed by atoms with Crippen LogP contribution in [0, 0.1) is 5.92 Å². The van der Waals surface area contributed by atoms with Crippen LogP contribution in [0.15, 0.2) is 0 Å².